The van der Waals surface area contributed by atoms with Crippen LogP contribution in [0.3, 0.4) is 0 Å². The average molecular weight is 143 g/mol. The van der Waals surface area contributed by atoms with Crippen LogP contribution < -0.4 is 0 Å². The van der Waals surface area contributed by atoms with Crippen molar-refractivity contribution in [1.82, 2.24) is 14.9 Å². The molecule has 10 heavy (non-hydrogen) atoms. The molecule has 1 heterocycles. The lowest BCUT2D eigenvalue weighted by molar-refractivity contribution is 0.0439. The molecular formula is C7H17N3. The standard InChI is InChI=1S/C7H17N3/c1-8-4-6-9(2)10(3)7-5-8/h4-7H2,1-3H3. The van der Waals surface area contributed by atoms with Crippen LogP contribution in [0.15, 0.2) is 0 Å². The first-order valence-electron chi connectivity index (χ1n) is 3.81. The molecule has 3 nitrogen and oxygen atoms in total. The summed E-state index contributed by atoms with van der Waals surface area (Å²) in [5.74, 6) is 0. The predicted octanol–water partition coefficient (Wildman–Crippen LogP) is -0.290. The Kier molecular flexibility index (Phi) is 2.65. The predicted molar refractivity (Wildman–Crippen MR) is 42.8 cm³/mol. The maximum absolute atomic E-state index is 2.36. The third-order valence-electron chi connectivity index (χ3n) is 2.19. The molecule has 0 saturated carbocycles. The van der Waals surface area contributed by atoms with Crippen molar-refractivity contribution >= 4 is 0 Å². The van der Waals surface area contributed by atoms with Crippen molar-refractivity contribution < 1.29 is 0 Å². The molecule has 0 aromatic carbocycles. The zero-order valence-corrected chi connectivity index (χ0v) is 7.17. The quantitative estimate of drug-likeness (QED) is 0.461. The van der Waals surface area contributed by atoms with Gasteiger partial charge in [0.1, 0.15) is 0 Å². The van der Waals surface area contributed by atoms with Gasteiger partial charge in [0.25, 0.3) is 0 Å². The van der Waals surface area contributed by atoms with E-state index < -0.39 is 0 Å². The summed E-state index contributed by atoms with van der Waals surface area (Å²) in [6, 6.07) is 0. The molecule has 1 rings (SSSR count). The van der Waals surface area contributed by atoms with Crippen LogP contribution in [-0.2, 0) is 0 Å². The van der Waals surface area contributed by atoms with E-state index in [1.807, 2.05) is 0 Å². The van der Waals surface area contributed by atoms with Crippen LogP contribution in [0, 0.1) is 0 Å². The molecule has 1 aliphatic rings. The first kappa shape index (κ1) is 7.98. The van der Waals surface area contributed by atoms with Crippen molar-refractivity contribution in [2.24, 2.45) is 0 Å². The highest BCUT2D eigenvalue weighted by molar-refractivity contribution is 4.61. The van der Waals surface area contributed by atoms with E-state index in [2.05, 4.69) is 36.1 Å². The molecule has 1 fully saturated rings. The second-order valence-corrected chi connectivity index (χ2v) is 3.07. The minimum absolute atomic E-state index is 1.15. The Morgan fingerprint density at radius 2 is 1.10 bits per heavy atom. The second kappa shape index (κ2) is 3.32. The maximum Gasteiger partial charge on any atom is 0.0257 e. The van der Waals surface area contributed by atoms with Gasteiger partial charge in [-0.2, -0.15) is 0 Å². The summed E-state index contributed by atoms with van der Waals surface area (Å²) in [4.78, 5) is 2.36. The number of hydrogen-bond donors (Lipinski definition) is 0. The Bertz CT molecular complexity index is 93.0. The van der Waals surface area contributed by atoms with Gasteiger partial charge in [0.2, 0.25) is 0 Å². The third-order valence-corrected chi connectivity index (χ3v) is 2.19. The van der Waals surface area contributed by atoms with Crippen molar-refractivity contribution in [3.63, 3.8) is 0 Å². The maximum atomic E-state index is 2.36. The molecule has 0 radical (unpaired) electrons. The van der Waals surface area contributed by atoms with Gasteiger partial charge in [-0.05, 0) is 7.05 Å². The van der Waals surface area contributed by atoms with Crippen LogP contribution >= 0.6 is 0 Å². The molecule has 0 atom stereocenters. The van der Waals surface area contributed by atoms with Crippen molar-refractivity contribution in [2.75, 3.05) is 47.3 Å². The SMILES string of the molecule is CN1CCN(C)N(C)CC1. The number of likely N-dealkylation sites (N-methyl/N-ethyl adjacent to an activating group) is 3. The van der Waals surface area contributed by atoms with Gasteiger partial charge in [0.15, 0.2) is 0 Å². The number of hydrazine groups is 1. The Morgan fingerprint density at radius 3 is 1.50 bits per heavy atom. The molecule has 1 aliphatic heterocycles. The van der Waals surface area contributed by atoms with Crippen molar-refractivity contribution in [3.8, 4) is 0 Å². The summed E-state index contributed by atoms with van der Waals surface area (Å²) in [5.41, 5.74) is 0. The van der Waals surface area contributed by atoms with Crippen molar-refractivity contribution in [3.05, 3.63) is 0 Å². The van der Waals surface area contributed by atoms with Crippen LogP contribution in [-0.4, -0.2) is 62.2 Å². The molecule has 60 valence electrons. The van der Waals surface area contributed by atoms with Gasteiger partial charge in [-0.1, -0.05) is 0 Å². The molecule has 0 bridgehead atoms. The molecule has 0 aromatic heterocycles. The van der Waals surface area contributed by atoms with Gasteiger partial charge in [-0.25, -0.2) is 10.0 Å². The molecule has 0 N–H and O–H groups in total. The van der Waals surface area contributed by atoms with Gasteiger partial charge < -0.3 is 4.90 Å². The summed E-state index contributed by atoms with van der Waals surface area (Å²) in [6.07, 6.45) is 0. The van der Waals surface area contributed by atoms with Crippen LogP contribution in [0.5, 0.6) is 0 Å². The smallest absolute Gasteiger partial charge is 0.0257 e. The average Bonchev–Trinajstić information content (AvgIpc) is 2.04. The Balaban J connectivity index is 2.38. The first-order valence-corrected chi connectivity index (χ1v) is 3.81. The van der Waals surface area contributed by atoms with E-state index >= 15 is 0 Å². The highest BCUT2D eigenvalue weighted by Gasteiger charge is 2.11. The highest BCUT2D eigenvalue weighted by atomic mass is 15.6. The van der Waals surface area contributed by atoms with Gasteiger partial charge in [0.05, 0.1) is 0 Å². The van der Waals surface area contributed by atoms with Crippen LogP contribution in [0.4, 0.5) is 0 Å². The molecule has 0 unspecified atom stereocenters. The van der Waals surface area contributed by atoms with Crippen LogP contribution in [0.1, 0.15) is 0 Å². The van der Waals surface area contributed by atoms with Gasteiger partial charge >= 0.3 is 0 Å². The van der Waals surface area contributed by atoms with Gasteiger partial charge in [-0.15, -0.1) is 0 Å². The monoisotopic (exact) mass is 143 g/mol. The van der Waals surface area contributed by atoms with E-state index in [4.69, 9.17) is 0 Å². The fraction of sp³-hybridized carbons (Fsp3) is 1.00. The lowest BCUT2D eigenvalue weighted by atomic mass is 10.5. The second-order valence-electron chi connectivity index (χ2n) is 3.07. The normalized spacial score (nSPS) is 26.7. The Labute approximate surface area is 63.2 Å². The summed E-state index contributed by atoms with van der Waals surface area (Å²) in [6.45, 7) is 4.65. The topological polar surface area (TPSA) is 9.72 Å². The fourth-order valence-electron chi connectivity index (χ4n) is 1.08. The van der Waals surface area contributed by atoms with E-state index in [0.29, 0.717) is 0 Å². The third kappa shape index (κ3) is 1.94. The molecule has 0 spiro atoms. The lowest BCUT2D eigenvalue weighted by Gasteiger charge is -2.24. The fourth-order valence-corrected chi connectivity index (χ4v) is 1.08. The Hall–Kier alpha value is -0.120. The zero-order chi connectivity index (χ0) is 7.56. The van der Waals surface area contributed by atoms with E-state index in [-0.39, 0.29) is 0 Å². The first-order chi connectivity index (χ1) is 4.70. The lowest BCUT2D eigenvalue weighted by Crippen LogP contribution is -2.37. The van der Waals surface area contributed by atoms with E-state index in [9.17, 15) is 0 Å². The molecule has 3 heteroatoms. The minimum atomic E-state index is 1.15. The highest BCUT2D eigenvalue weighted by Crippen LogP contribution is 1.97. The number of nitrogens with zero attached hydrogens (tertiary/aromatic N) is 3. The summed E-state index contributed by atoms with van der Waals surface area (Å²) in [7, 11) is 6.45. The van der Waals surface area contributed by atoms with Crippen molar-refractivity contribution in [2.45, 2.75) is 0 Å². The number of hydrogen-bond acceptors (Lipinski definition) is 3. The molecule has 1 saturated heterocycles. The largest absolute Gasteiger partial charge is 0.304 e. The molecule has 0 aromatic rings. The zero-order valence-electron chi connectivity index (χ0n) is 7.17. The van der Waals surface area contributed by atoms with Crippen molar-refractivity contribution in [1.29, 1.82) is 0 Å². The minimum Gasteiger partial charge on any atom is -0.304 e. The van der Waals surface area contributed by atoms with Crippen LogP contribution in [0.25, 0.3) is 0 Å². The van der Waals surface area contributed by atoms with Crippen LogP contribution in [0.2, 0.25) is 0 Å². The summed E-state index contributed by atoms with van der Waals surface area (Å²) in [5, 5.41) is 4.53. The molecular weight excluding hydrogens is 126 g/mol. The van der Waals surface area contributed by atoms with E-state index in [1.54, 1.807) is 0 Å². The molecule has 0 aliphatic carbocycles. The van der Waals surface area contributed by atoms with E-state index in [0.717, 1.165) is 13.1 Å². The van der Waals surface area contributed by atoms with Gasteiger partial charge in [0, 0.05) is 40.3 Å². The Morgan fingerprint density at radius 1 is 0.700 bits per heavy atom. The van der Waals surface area contributed by atoms with E-state index in [1.165, 1.54) is 13.1 Å². The number of rotatable bonds is 0. The van der Waals surface area contributed by atoms with Gasteiger partial charge in [-0.3, -0.25) is 0 Å². The summed E-state index contributed by atoms with van der Waals surface area (Å²) < 4.78 is 0. The molecule has 0 amide bonds. The summed E-state index contributed by atoms with van der Waals surface area (Å²) >= 11 is 0.